The molecule has 4 nitrogen and oxygen atoms in total. The number of rotatable bonds is 2. The van der Waals surface area contributed by atoms with Crippen molar-refractivity contribution in [2.24, 2.45) is 0 Å². The predicted molar refractivity (Wildman–Crippen MR) is 100 cm³/mol. The van der Waals surface area contributed by atoms with Gasteiger partial charge in [-0.05, 0) is 35.8 Å². The fourth-order valence-electron chi connectivity index (χ4n) is 3.39. The Morgan fingerprint density at radius 3 is 3.12 bits per heavy atom. The number of hydrogen-bond donors (Lipinski definition) is 2. The fourth-order valence-corrected chi connectivity index (χ4v) is 5.94. The second kappa shape index (κ2) is 5.50. The molecule has 0 saturated carbocycles. The minimum atomic E-state index is 0.00911. The Bertz CT molecular complexity index is 1120. The average molecular weight is 353 g/mol. The van der Waals surface area contributed by atoms with E-state index < -0.39 is 0 Å². The van der Waals surface area contributed by atoms with Gasteiger partial charge in [0, 0.05) is 23.5 Å². The van der Waals surface area contributed by atoms with Crippen molar-refractivity contribution in [2.75, 3.05) is 5.75 Å². The molecular weight excluding hydrogens is 338 g/mol. The Morgan fingerprint density at radius 2 is 2.17 bits per heavy atom. The fraction of sp³-hybridized carbons (Fsp3) is 0.222. The standard InChI is InChI=1S/C18H15N3OS2/c22-16-15-12-5-3-7-23-18(12)24-17(15)21-14(20-16)8-10-9-19-13-6-2-1-4-11(10)13/h1-2,4,6,9,19H,3,5,7-8H2,(H,20,21,22). The number of thiophene rings is 1. The van der Waals surface area contributed by atoms with Crippen LogP contribution in [0.25, 0.3) is 21.1 Å². The van der Waals surface area contributed by atoms with E-state index in [1.165, 1.54) is 15.2 Å². The van der Waals surface area contributed by atoms with Gasteiger partial charge < -0.3 is 9.97 Å². The quantitative estimate of drug-likeness (QED) is 0.570. The Labute approximate surface area is 146 Å². The highest BCUT2D eigenvalue weighted by atomic mass is 32.2. The predicted octanol–water partition coefficient (Wildman–Crippen LogP) is 4.10. The Hall–Kier alpha value is -2.05. The molecule has 0 saturated heterocycles. The van der Waals surface area contributed by atoms with Crippen molar-refractivity contribution < 1.29 is 0 Å². The highest BCUT2D eigenvalue weighted by Gasteiger charge is 2.20. The van der Waals surface area contributed by atoms with Crippen molar-refractivity contribution in [3.05, 3.63) is 57.8 Å². The first kappa shape index (κ1) is 14.3. The molecular formula is C18H15N3OS2. The molecule has 0 radical (unpaired) electrons. The summed E-state index contributed by atoms with van der Waals surface area (Å²) in [6.07, 6.45) is 4.77. The molecule has 6 heteroatoms. The summed E-state index contributed by atoms with van der Waals surface area (Å²) in [5.41, 5.74) is 3.48. The summed E-state index contributed by atoms with van der Waals surface area (Å²) in [6, 6.07) is 8.20. The molecule has 0 bridgehead atoms. The van der Waals surface area contributed by atoms with Gasteiger partial charge in [0.05, 0.1) is 9.60 Å². The Morgan fingerprint density at radius 1 is 1.25 bits per heavy atom. The summed E-state index contributed by atoms with van der Waals surface area (Å²) in [4.78, 5) is 24.5. The first-order valence-electron chi connectivity index (χ1n) is 8.02. The third kappa shape index (κ3) is 2.21. The minimum Gasteiger partial charge on any atom is -0.361 e. The zero-order chi connectivity index (χ0) is 16.1. The molecule has 0 aliphatic carbocycles. The van der Waals surface area contributed by atoms with Crippen molar-refractivity contribution in [3.8, 4) is 0 Å². The summed E-state index contributed by atoms with van der Waals surface area (Å²) < 4.78 is 1.28. The van der Waals surface area contributed by atoms with Crippen molar-refractivity contribution >= 4 is 44.2 Å². The van der Waals surface area contributed by atoms with E-state index in [0.29, 0.717) is 6.42 Å². The third-order valence-electron chi connectivity index (χ3n) is 4.51. The van der Waals surface area contributed by atoms with Crippen LogP contribution in [0.15, 0.2) is 39.5 Å². The first-order chi connectivity index (χ1) is 11.8. The van der Waals surface area contributed by atoms with Gasteiger partial charge in [0.25, 0.3) is 5.56 Å². The molecule has 0 atom stereocenters. The van der Waals surface area contributed by atoms with Gasteiger partial charge in [-0.3, -0.25) is 4.79 Å². The van der Waals surface area contributed by atoms with Gasteiger partial charge in [0.1, 0.15) is 10.7 Å². The molecule has 0 spiro atoms. The number of benzene rings is 1. The van der Waals surface area contributed by atoms with Gasteiger partial charge in [0.15, 0.2) is 0 Å². The smallest absolute Gasteiger partial charge is 0.259 e. The number of H-pyrrole nitrogens is 2. The van der Waals surface area contributed by atoms with Gasteiger partial charge in [0.2, 0.25) is 0 Å². The number of aryl methyl sites for hydroxylation is 1. The van der Waals surface area contributed by atoms with Crippen LogP contribution in [0.4, 0.5) is 0 Å². The number of thioether (sulfide) groups is 1. The lowest BCUT2D eigenvalue weighted by Gasteiger charge is -2.09. The maximum absolute atomic E-state index is 12.6. The highest BCUT2D eigenvalue weighted by Crippen LogP contribution is 2.40. The molecule has 0 fully saturated rings. The molecule has 24 heavy (non-hydrogen) atoms. The largest absolute Gasteiger partial charge is 0.361 e. The van der Waals surface area contributed by atoms with E-state index in [1.54, 1.807) is 11.3 Å². The Balaban J connectivity index is 1.61. The van der Waals surface area contributed by atoms with Gasteiger partial charge in [-0.15, -0.1) is 23.1 Å². The molecule has 120 valence electrons. The van der Waals surface area contributed by atoms with E-state index in [1.807, 2.05) is 30.1 Å². The molecule has 0 amide bonds. The lowest BCUT2D eigenvalue weighted by molar-refractivity contribution is 0.907. The van der Waals surface area contributed by atoms with Crippen LogP contribution in [0, 0.1) is 0 Å². The molecule has 2 N–H and O–H groups in total. The second-order valence-corrected chi connectivity index (χ2v) is 8.41. The van der Waals surface area contributed by atoms with Crippen LogP contribution < -0.4 is 5.56 Å². The third-order valence-corrected chi connectivity index (χ3v) is 7.04. The summed E-state index contributed by atoms with van der Waals surface area (Å²) in [5.74, 6) is 1.88. The van der Waals surface area contributed by atoms with E-state index in [4.69, 9.17) is 4.98 Å². The summed E-state index contributed by atoms with van der Waals surface area (Å²) in [5, 5.41) is 1.99. The number of nitrogens with zero attached hydrogens (tertiary/aromatic N) is 1. The monoisotopic (exact) mass is 353 g/mol. The molecule has 1 aromatic carbocycles. The normalized spacial score (nSPS) is 14.3. The number of fused-ring (bicyclic) bond motifs is 4. The highest BCUT2D eigenvalue weighted by molar-refractivity contribution is 8.01. The second-order valence-electron chi connectivity index (χ2n) is 6.05. The average Bonchev–Trinajstić information content (AvgIpc) is 3.16. The van der Waals surface area contributed by atoms with Gasteiger partial charge in [-0.1, -0.05) is 18.2 Å². The lowest BCUT2D eigenvalue weighted by atomic mass is 10.1. The minimum absolute atomic E-state index is 0.00911. The Kier molecular flexibility index (Phi) is 3.28. The van der Waals surface area contributed by atoms with E-state index in [0.717, 1.165) is 45.7 Å². The van der Waals surface area contributed by atoms with Crippen LogP contribution in [0.5, 0.6) is 0 Å². The molecule has 0 unspecified atom stereocenters. The first-order valence-corrected chi connectivity index (χ1v) is 9.82. The topological polar surface area (TPSA) is 61.5 Å². The van der Waals surface area contributed by atoms with Gasteiger partial charge >= 0.3 is 0 Å². The maximum Gasteiger partial charge on any atom is 0.259 e. The lowest BCUT2D eigenvalue weighted by Crippen LogP contribution is -2.13. The van der Waals surface area contributed by atoms with Gasteiger partial charge in [-0.2, -0.15) is 0 Å². The van der Waals surface area contributed by atoms with Crippen LogP contribution in [-0.2, 0) is 12.8 Å². The number of para-hydroxylation sites is 1. The van der Waals surface area contributed by atoms with Crippen molar-refractivity contribution in [1.82, 2.24) is 15.0 Å². The van der Waals surface area contributed by atoms with Crippen molar-refractivity contribution in [3.63, 3.8) is 0 Å². The van der Waals surface area contributed by atoms with E-state index in [-0.39, 0.29) is 5.56 Å². The molecule has 5 rings (SSSR count). The van der Waals surface area contributed by atoms with Crippen LogP contribution in [0.3, 0.4) is 0 Å². The maximum atomic E-state index is 12.6. The van der Waals surface area contributed by atoms with E-state index in [2.05, 4.69) is 22.1 Å². The van der Waals surface area contributed by atoms with Crippen LogP contribution in [-0.4, -0.2) is 20.7 Å². The molecule has 1 aliphatic heterocycles. The zero-order valence-corrected chi connectivity index (χ0v) is 14.5. The number of aromatic nitrogens is 3. The van der Waals surface area contributed by atoms with Crippen molar-refractivity contribution in [2.45, 2.75) is 23.5 Å². The van der Waals surface area contributed by atoms with Crippen LogP contribution in [0.2, 0.25) is 0 Å². The molecule has 1 aliphatic rings. The van der Waals surface area contributed by atoms with Gasteiger partial charge in [-0.25, -0.2) is 4.98 Å². The zero-order valence-electron chi connectivity index (χ0n) is 12.9. The van der Waals surface area contributed by atoms with Crippen molar-refractivity contribution in [1.29, 1.82) is 0 Å². The summed E-state index contributed by atoms with van der Waals surface area (Å²) in [7, 11) is 0. The van der Waals surface area contributed by atoms with E-state index in [9.17, 15) is 4.79 Å². The van der Waals surface area contributed by atoms with E-state index >= 15 is 0 Å². The molecule has 4 aromatic rings. The SMILES string of the molecule is O=c1[nH]c(Cc2c[nH]c3ccccc23)nc2sc3c(c12)CCCS3. The number of hydrogen-bond acceptors (Lipinski definition) is 4. The molecule has 3 aromatic heterocycles. The number of aromatic amines is 2. The molecule has 4 heterocycles. The summed E-state index contributed by atoms with van der Waals surface area (Å²) in [6.45, 7) is 0. The number of nitrogens with one attached hydrogen (secondary N) is 2. The summed E-state index contributed by atoms with van der Waals surface area (Å²) >= 11 is 3.53. The van der Waals surface area contributed by atoms with Crippen LogP contribution in [0.1, 0.15) is 23.4 Å². The van der Waals surface area contributed by atoms with Crippen LogP contribution >= 0.6 is 23.1 Å².